The Balaban J connectivity index is 1.03. The molecule has 4 spiro atoms. The highest BCUT2D eigenvalue weighted by Gasteiger charge is 2.94. The van der Waals surface area contributed by atoms with E-state index in [2.05, 4.69) is 53.2 Å². The van der Waals surface area contributed by atoms with Crippen LogP contribution in [0.2, 0.25) is 0 Å². The molecule has 0 amide bonds. The van der Waals surface area contributed by atoms with E-state index in [1.807, 2.05) is 0 Å². The molecule has 17 aliphatic rings. The normalized spacial score (nSPS) is 45.0. The molecule has 68 heavy (non-hydrogen) atoms. The fourth-order valence-electron chi connectivity index (χ4n) is 20.8. The Labute approximate surface area is 404 Å². The third-order valence-corrected chi connectivity index (χ3v) is 23.1. The number of piperidine rings is 2. The highest BCUT2D eigenvalue weighted by Crippen LogP contribution is 2.89. The number of esters is 2. The number of benzene rings is 1. The second-order valence-corrected chi connectivity index (χ2v) is 25.6. The molecule has 9 aliphatic heterocycles. The van der Waals surface area contributed by atoms with Gasteiger partial charge in [0, 0.05) is 61.1 Å². The maximum Gasteiger partial charge on any atom is 0.339 e. The van der Waals surface area contributed by atoms with Gasteiger partial charge in [-0.15, -0.1) is 0 Å². The molecule has 8 heteroatoms. The number of nitrogens with two attached hydrogens (primary N) is 1. The van der Waals surface area contributed by atoms with Crippen molar-refractivity contribution in [2.45, 2.75) is 166 Å². The number of aliphatic hydroxyl groups excluding tert-OH is 1. The van der Waals surface area contributed by atoms with E-state index in [0.717, 1.165) is 75.7 Å². The molecule has 3 N–H and O–H groups in total. The number of rotatable bonds is 6. The van der Waals surface area contributed by atoms with Crippen LogP contribution in [0, 0.1) is 69.5 Å². The van der Waals surface area contributed by atoms with E-state index >= 15 is 9.59 Å². The molecular formula is C60H75N3O5. The van der Waals surface area contributed by atoms with Crippen molar-refractivity contribution in [1.82, 2.24) is 9.80 Å². The number of aryl methyl sites for hydroxylation is 1. The molecule has 14 atom stereocenters. The molecule has 360 valence electrons. The zero-order valence-corrected chi connectivity index (χ0v) is 40.8. The van der Waals surface area contributed by atoms with Crippen LogP contribution in [0.3, 0.4) is 0 Å². The summed E-state index contributed by atoms with van der Waals surface area (Å²) in [6.45, 7) is 6.35. The highest BCUT2D eigenvalue weighted by molar-refractivity contribution is 6.00. The van der Waals surface area contributed by atoms with E-state index in [1.54, 1.807) is 22.4 Å². The zero-order valence-electron chi connectivity index (χ0n) is 40.8. The van der Waals surface area contributed by atoms with Crippen molar-refractivity contribution in [2.24, 2.45) is 75.2 Å². The van der Waals surface area contributed by atoms with Crippen molar-refractivity contribution in [3.8, 4) is 0 Å². The van der Waals surface area contributed by atoms with Crippen LogP contribution in [0.5, 0.6) is 0 Å². The van der Waals surface area contributed by atoms with E-state index in [0.29, 0.717) is 72.8 Å². The van der Waals surface area contributed by atoms with Gasteiger partial charge in [-0.3, -0.25) is 9.69 Å². The second kappa shape index (κ2) is 14.7. The largest absolute Gasteiger partial charge is 0.509 e. The number of carbonyl (C=O) groups is 2. The first-order chi connectivity index (χ1) is 33.2. The van der Waals surface area contributed by atoms with Gasteiger partial charge in [0.25, 0.3) is 0 Å². The standard InChI is InChI=1S/C60H75N3O5/c1-34-24-40-17-18-47-42-25-36-31-62(33-42)43(26-35-10-4-2-5-11-35)29-48(64)54-58-22-20-44-51-45-30-57(34,52(44)53(40)63(47)32-36)21-19-39(45)27-41(37-12-6-3-7-13-37)28-49(59(51,58)56(66)67-54)60(58)46-16-8-14-38(15-9-23-61)50(46)55(65)68-60/h8,14,16-18,27,34-37,41-43,45,47,49,52,64H,2-7,9-13,15,19-26,28-33,61H2,1H3. The number of allylic oxidation sites excluding steroid dienone is 5. The summed E-state index contributed by atoms with van der Waals surface area (Å²) in [6.07, 6.45) is 31.8. The minimum atomic E-state index is -1.13. The van der Waals surface area contributed by atoms with Crippen LogP contribution in [0.4, 0.5) is 0 Å². The lowest BCUT2D eigenvalue weighted by Crippen LogP contribution is -2.78. The van der Waals surface area contributed by atoms with Crippen molar-refractivity contribution in [1.29, 1.82) is 0 Å². The van der Waals surface area contributed by atoms with Crippen LogP contribution < -0.4 is 5.73 Å². The van der Waals surface area contributed by atoms with E-state index in [1.165, 1.54) is 82.6 Å². The Kier molecular flexibility index (Phi) is 9.12. The van der Waals surface area contributed by atoms with E-state index in [9.17, 15) is 5.11 Å². The topological polar surface area (TPSA) is 105 Å². The molecule has 1 aromatic carbocycles. The summed E-state index contributed by atoms with van der Waals surface area (Å²) in [6, 6.07) is 6.96. The molecule has 3 saturated heterocycles. The van der Waals surface area contributed by atoms with E-state index < -0.39 is 16.4 Å². The average molecular weight is 918 g/mol. The van der Waals surface area contributed by atoms with Crippen LogP contribution >= 0.6 is 0 Å². The molecule has 1 aromatic rings. The Bertz CT molecular complexity index is 2560. The molecule has 0 radical (unpaired) electrons. The van der Waals surface area contributed by atoms with Gasteiger partial charge in [0.1, 0.15) is 11.2 Å². The van der Waals surface area contributed by atoms with Crippen LogP contribution in [-0.4, -0.2) is 65.1 Å². The van der Waals surface area contributed by atoms with Gasteiger partial charge >= 0.3 is 11.9 Å². The van der Waals surface area contributed by atoms with E-state index in [4.69, 9.17) is 15.2 Å². The number of hydrogen-bond donors (Lipinski definition) is 2. The third kappa shape index (κ3) is 5.07. The number of fused-ring (bicyclic) bond motifs is 3. The van der Waals surface area contributed by atoms with Crippen molar-refractivity contribution in [3.05, 3.63) is 92.6 Å². The van der Waals surface area contributed by atoms with Gasteiger partial charge in [-0.2, -0.15) is 0 Å². The minimum Gasteiger partial charge on any atom is -0.509 e. The summed E-state index contributed by atoms with van der Waals surface area (Å²) in [5.41, 5.74) is 13.4. The Hall–Kier alpha value is -3.62. The predicted octanol–water partition coefficient (Wildman–Crippen LogP) is 11.1. The lowest BCUT2D eigenvalue weighted by Gasteiger charge is -2.74. The molecule has 9 heterocycles. The van der Waals surface area contributed by atoms with Crippen LogP contribution in [0.15, 0.2) is 75.9 Å². The van der Waals surface area contributed by atoms with Gasteiger partial charge in [0.05, 0.1) is 17.0 Å². The maximum atomic E-state index is 16.5. The minimum absolute atomic E-state index is 0.119. The molecule has 14 bridgehead atoms. The van der Waals surface area contributed by atoms with Crippen molar-refractivity contribution < 1.29 is 24.2 Å². The summed E-state index contributed by atoms with van der Waals surface area (Å²) in [5, 5.41) is 13.5. The molecule has 14 unspecified atom stereocenters. The highest BCUT2D eigenvalue weighted by atomic mass is 16.6. The van der Waals surface area contributed by atoms with Crippen LogP contribution in [0.25, 0.3) is 0 Å². The smallest absolute Gasteiger partial charge is 0.339 e. The number of aliphatic hydroxyl groups is 1. The average Bonchev–Trinajstić information content (AvgIpc) is 3.81. The van der Waals surface area contributed by atoms with Crippen molar-refractivity contribution >= 4 is 11.9 Å². The Morgan fingerprint density at radius 1 is 0.926 bits per heavy atom. The first-order valence-electron chi connectivity index (χ1n) is 28.3. The van der Waals surface area contributed by atoms with Crippen LogP contribution in [0.1, 0.15) is 163 Å². The molecule has 8 aliphatic carbocycles. The molecule has 8 nitrogen and oxygen atoms in total. The summed E-state index contributed by atoms with van der Waals surface area (Å²) >= 11 is 0. The molecular weight excluding hydrogens is 843 g/mol. The van der Waals surface area contributed by atoms with Gasteiger partial charge in [0.2, 0.25) is 0 Å². The van der Waals surface area contributed by atoms with Gasteiger partial charge in [-0.05, 0) is 148 Å². The first kappa shape index (κ1) is 42.1. The maximum absolute atomic E-state index is 16.5. The van der Waals surface area contributed by atoms with Gasteiger partial charge < -0.3 is 25.2 Å². The van der Waals surface area contributed by atoms with Crippen LogP contribution in [-0.2, 0) is 26.3 Å². The van der Waals surface area contributed by atoms with Gasteiger partial charge in [-0.1, -0.05) is 106 Å². The summed E-state index contributed by atoms with van der Waals surface area (Å²) in [4.78, 5) is 37.5. The number of carbonyl (C=O) groups excluding carboxylic acids is 2. The molecule has 0 aromatic heterocycles. The monoisotopic (exact) mass is 918 g/mol. The fraction of sp³-hybridized carbons (Fsp3) is 0.700. The lowest BCUT2D eigenvalue weighted by atomic mass is 9.26. The van der Waals surface area contributed by atoms with Crippen molar-refractivity contribution in [3.63, 3.8) is 0 Å². The number of hydrogen-bond acceptors (Lipinski definition) is 8. The lowest BCUT2D eigenvalue weighted by molar-refractivity contribution is -0.284. The number of ether oxygens (including phenoxy) is 2. The first-order valence-corrected chi connectivity index (χ1v) is 28.3. The predicted molar refractivity (Wildman–Crippen MR) is 261 cm³/mol. The quantitative estimate of drug-likeness (QED) is 0.215. The third-order valence-electron chi connectivity index (χ3n) is 23.1. The van der Waals surface area contributed by atoms with Crippen molar-refractivity contribution in [2.75, 3.05) is 26.2 Å². The summed E-state index contributed by atoms with van der Waals surface area (Å²) in [7, 11) is 0. The second-order valence-electron chi connectivity index (χ2n) is 25.6. The van der Waals surface area contributed by atoms with Gasteiger partial charge in [-0.25, -0.2) is 4.79 Å². The molecule has 18 rings (SSSR count). The Morgan fingerprint density at radius 3 is 2.60 bits per heavy atom. The Morgan fingerprint density at radius 2 is 1.76 bits per heavy atom. The molecule has 4 saturated carbocycles. The summed E-state index contributed by atoms with van der Waals surface area (Å²) in [5.74, 6) is 3.56. The molecule has 7 fully saturated rings. The fourth-order valence-corrected chi connectivity index (χ4v) is 20.8. The SMILES string of the molecule is CC1CC2=C3C4C5=C6C7CC14CCC7=CC(C1CCCCC1)CC1C64C(=O)OC(=C(O)CC(CC6CCCCC6)N6CC7CC(C6)C(C=C2)N3C7)C4(CC5)C12OC(=O)c1c(CCCN)cccc12. The summed E-state index contributed by atoms with van der Waals surface area (Å²) < 4.78 is 14.6. The van der Waals surface area contributed by atoms with Gasteiger partial charge in [0.15, 0.2) is 11.4 Å². The number of nitrogens with zero attached hydrogens (tertiary/aromatic N) is 2. The van der Waals surface area contributed by atoms with E-state index in [-0.39, 0.29) is 52.8 Å². The zero-order chi connectivity index (χ0) is 45.5.